The van der Waals surface area contributed by atoms with Crippen molar-refractivity contribution >= 4 is 23.5 Å². The summed E-state index contributed by atoms with van der Waals surface area (Å²) in [6.45, 7) is 0. The van der Waals surface area contributed by atoms with Crippen molar-refractivity contribution in [3.05, 3.63) is 107 Å². The molecule has 3 aromatic rings. The Hall–Kier alpha value is -1.64. The van der Waals surface area contributed by atoms with Gasteiger partial charge in [0.05, 0.1) is 0 Å². The summed E-state index contributed by atoms with van der Waals surface area (Å²) in [5.74, 6) is 4.15. The number of rotatable bonds is 8. The van der Waals surface area contributed by atoms with Crippen LogP contribution in [0.2, 0.25) is 0 Å². The van der Waals surface area contributed by atoms with Crippen molar-refractivity contribution in [3.8, 4) is 0 Å². The second-order valence-corrected chi connectivity index (χ2v) is 7.63. The quantitative estimate of drug-likeness (QED) is 0.464. The lowest BCUT2D eigenvalue weighted by atomic mass is 10.2. The first kappa shape index (κ1) is 17.2. The summed E-state index contributed by atoms with van der Waals surface area (Å²) in [5.41, 5.74) is 5.37. The highest BCUT2D eigenvalue weighted by Crippen LogP contribution is 2.21. The standard InChI is InChI=1S/C22H21S2/c1-3-8-19(9-4-1)15-23-17-21-12-7-13-22(14-21)18-24-16-20-10-5-2-6-11-20/h1-13H,15-18H2. The summed E-state index contributed by atoms with van der Waals surface area (Å²) in [6, 6.07) is 31.4. The van der Waals surface area contributed by atoms with E-state index in [1.165, 1.54) is 22.3 Å². The predicted octanol–water partition coefficient (Wildman–Crippen LogP) is 6.35. The Kier molecular flexibility index (Phi) is 6.88. The van der Waals surface area contributed by atoms with E-state index in [0.29, 0.717) is 0 Å². The summed E-state index contributed by atoms with van der Waals surface area (Å²) in [4.78, 5) is 0. The number of hydrogen-bond acceptors (Lipinski definition) is 2. The first-order chi connectivity index (χ1) is 11.9. The summed E-state index contributed by atoms with van der Waals surface area (Å²) in [7, 11) is 0. The minimum atomic E-state index is 1.02. The van der Waals surface area contributed by atoms with Gasteiger partial charge in [0.1, 0.15) is 0 Å². The maximum absolute atomic E-state index is 3.58. The van der Waals surface area contributed by atoms with Gasteiger partial charge in [-0.2, -0.15) is 23.5 Å². The van der Waals surface area contributed by atoms with Gasteiger partial charge in [-0.1, -0.05) is 78.9 Å². The van der Waals surface area contributed by atoms with Crippen LogP contribution in [0.5, 0.6) is 0 Å². The molecule has 0 amide bonds. The lowest BCUT2D eigenvalue weighted by Crippen LogP contribution is -1.88. The largest absolute Gasteiger partial charge is 0.152 e. The molecule has 0 aliphatic carbocycles. The number of benzene rings is 3. The Morgan fingerprint density at radius 1 is 0.500 bits per heavy atom. The lowest BCUT2D eigenvalue weighted by molar-refractivity contribution is 1.30. The Morgan fingerprint density at radius 2 is 0.958 bits per heavy atom. The molecule has 0 aliphatic rings. The van der Waals surface area contributed by atoms with E-state index < -0.39 is 0 Å². The molecule has 0 heterocycles. The molecule has 2 heteroatoms. The van der Waals surface area contributed by atoms with Crippen LogP contribution in [0, 0.1) is 6.07 Å². The van der Waals surface area contributed by atoms with Gasteiger partial charge in [-0.15, -0.1) is 0 Å². The van der Waals surface area contributed by atoms with Crippen molar-refractivity contribution in [2.45, 2.75) is 23.0 Å². The van der Waals surface area contributed by atoms with Gasteiger partial charge in [0.2, 0.25) is 0 Å². The average Bonchev–Trinajstić information content (AvgIpc) is 2.64. The van der Waals surface area contributed by atoms with Crippen molar-refractivity contribution in [2.75, 3.05) is 0 Å². The van der Waals surface area contributed by atoms with Gasteiger partial charge < -0.3 is 0 Å². The van der Waals surface area contributed by atoms with E-state index in [0.717, 1.165) is 23.0 Å². The van der Waals surface area contributed by atoms with Gasteiger partial charge in [0.15, 0.2) is 0 Å². The van der Waals surface area contributed by atoms with Crippen LogP contribution in [0.4, 0.5) is 0 Å². The molecule has 3 aromatic carbocycles. The Morgan fingerprint density at radius 3 is 1.42 bits per heavy atom. The predicted molar refractivity (Wildman–Crippen MR) is 108 cm³/mol. The van der Waals surface area contributed by atoms with Crippen molar-refractivity contribution in [2.24, 2.45) is 0 Å². The smallest absolute Gasteiger partial charge is 0.0194 e. The van der Waals surface area contributed by atoms with Gasteiger partial charge >= 0.3 is 0 Å². The van der Waals surface area contributed by atoms with Crippen molar-refractivity contribution in [3.63, 3.8) is 0 Å². The van der Waals surface area contributed by atoms with E-state index in [-0.39, 0.29) is 0 Å². The summed E-state index contributed by atoms with van der Waals surface area (Å²) >= 11 is 3.90. The molecule has 0 fully saturated rings. The second-order valence-electron chi connectivity index (χ2n) is 5.66. The minimum absolute atomic E-state index is 1.02. The van der Waals surface area contributed by atoms with Gasteiger partial charge in [-0.25, -0.2) is 0 Å². The van der Waals surface area contributed by atoms with Crippen LogP contribution in [0.15, 0.2) is 78.9 Å². The van der Waals surface area contributed by atoms with Crippen LogP contribution in [0.3, 0.4) is 0 Å². The Bertz CT molecular complexity index is 662. The zero-order valence-electron chi connectivity index (χ0n) is 13.7. The second kappa shape index (κ2) is 9.61. The van der Waals surface area contributed by atoms with E-state index in [9.17, 15) is 0 Å². The molecule has 0 atom stereocenters. The lowest BCUT2D eigenvalue weighted by Gasteiger charge is -2.06. The van der Waals surface area contributed by atoms with Crippen LogP contribution in [0.25, 0.3) is 0 Å². The molecule has 3 rings (SSSR count). The molecule has 0 nitrogen and oxygen atoms in total. The molecule has 0 N–H and O–H groups in total. The zero-order valence-corrected chi connectivity index (χ0v) is 15.3. The van der Waals surface area contributed by atoms with Crippen LogP contribution in [0.1, 0.15) is 22.3 Å². The molecule has 0 aliphatic heterocycles. The fraction of sp³-hybridized carbons (Fsp3) is 0.182. The first-order valence-electron chi connectivity index (χ1n) is 8.13. The summed E-state index contributed by atoms with van der Waals surface area (Å²) in [5, 5.41) is 0. The Balaban J connectivity index is 1.45. The molecule has 0 saturated carbocycles. The molecule has 0 spiro atoms. The van der Waals surface area contributed by atoms with Gasteiger partial charge in [-0.3, -0.25) is 0 Å². The normalized spacial score (nSPS) is 10.7. The molecule has 0 saturated heterocycles. The van der Waals surface area contributed by atoms with E-state index in [2.05, 4.69) is 84.9 Å². The highest BCUT2D eigenvalue weighted by Gasteiger charge is 2.00. The van der Waals surface area contributed by atoms with Crippen LogP contribution in [-0.2, 0) is 23.0 Å². The van der Waals surface area contributed by atoms with E-state index in [4.69, 9.17) is 0 Å². The van der Waals surface area contributed by atoms with Gasteiger partial charge in [0, 0.05) is 23.0 Å². The monoisotopic (exact) mass is 349 g/mol. The minimum Gasteiger partial charge on any atom is -0.152 e. The summed E-state index contributed by atoms with van der Waals surface area (Å²) in [6.07, 6.45) is 0. The average molecular weight is 350 g/mol. The third kappa shape index (κ3) is 5.77. The van der Waals surface area contributed by atoms with Crippen LogP contribution in [-0.4, -0.2) is 0 Å². The third-order valence-electron chi connectivity index (χ3n) is 3.65. The molecule has 0 aromatic heterocycles. The maximum atomic E-state index is 3.58. The van der Waals surface area contributed by atoms with Crippen molar-refractivity contribution < 1.29 is 0 Å². The zero-order chi connectivity index (χ0) is 16.5. The van der Waals surface area contributed by atoms with E-state index >= 15 is 0 Å². The molecule has 0 unspecified atom stereocenters. The molecule has 0 bridgehead atoms. The van der Waals surface area contributed by atoms with Gasteiger partial charge in [0.25, 0.3) is 0 Å². The Labute approximate surface area is 153 Å². The van der Waals surface area contributed by atoms with Gasteiger partial charge in [-0.05, 0) is 28.3 Å². The fourth-order valence-electron chi connectivity index (χ4n) is 2.44. The topological polar surface area (TPSA) is 0 Å². The molecular formula is C22H21S2. The summed E-state index contributed by atoms with van der Waals surface area (Å²) < 4.78 is 0. The number of hydrogen-bond donors (Lipinski definition) is 0. The first-order valence-corrected chi connectivity index (χ1v) is 10.4. The van der Waals surface area contributed by atoms with Crippen molar-refractivity contribution in [1.82, 2.24) is 0 Å². The molecular weight excluding hydrogens is 328 g/mol. The number of thioether (sulfide) groups is 2. The van der Waals surface area contributed by atoms with Crippen molar-refractivity contribution in [1.29, 1.82) is 0 Å². The maximum Gasteiger partial charge on any atom is 0.0194 e. The molecule has 1 radical (unpaired) electrons. The third-order valence-corrected chi connectivity index (χ3v) is 5.76. The highest BCUT2D eigenvalue weighted by molar-refractivity contribution is 7.98. The van der Waals surface area contributed by atoms with Crippen LogP contribution < -0.4 is 0 Å². The molecule has 24 heavy (non-hydrogen) atoms. The highest BCUT2D eigenvalue weighted by atomic mass is 32.2. The van der Waals surface area contributed by atoms with E-state index in [1.807, 2.05) is 23.5 Å². The SMILES string of the molecule is [c]1c(CSCc2ccccc2)cccc1CSCc1ccccc1. The van der Waals surface area contributed by atoms with E-state index in [1.54, 1.807) is 0 Å². The fourth-order valence-corrected chi connectivity index (χ4v) is 4.28. The molecule has 121 valence electrons. The van der Waals surface area contributed by atoms with Crippen LogP contribution >= 0.6 is 23.5 Å².